The summed E-state index contributed by atoms with van der Waals surface area (Å²) in [6.45, 7) is 6.99. The van der Waals surface area contributed by atoms with Crippen molar-refractivity contribution < 1.29 is 14.0 Å². The van der Waals surface area contributed by atoms with Crippen molar-refractivity contribution in [2.24, 2.45) is 5.92 Å². The fourth-order valence-corrected chi connectivity index (χ4v) is 3.91. The molecule has 0 saturated heterocycles. The first-order valence-corrected chi connectivity index (χ1v) is 11.5. The van der Waals surface area contributed by atoms with Crippen molar-refractivity contribution in [1.82, 2.24) is 10.2 Å². The summed E-state index contributed by atoms with van der Waals surface area (Å²) in [6.07, 6.45) is 0.547. The van der Waals surface area contributed by atoms with Crippen molar-refractivity contribution in [2.75, 3.05) is 12.3 Å². The SMILES string of the molecule is CCC(C(=O)NCC(C)C)N(Cc1ccccc1)C(=O)CSCc1ccc(F)cc1. The van der Waals surface area contributed by atoms with E-state index in [0.717, 1.165) is 11.1 Å². The predicted molar refractivity (Wildman–Crippen MR) is 121 cm³/mol. The number of rotatable bonds is 11. The van der Waals surface area contributed by atoms with Gasteiger partial charge in [0.25, 0.3) is 0 Å². The third-order valence-electron chi connectivity index (χ3n) is 4.67. The molecule has 0 aliphatic rings. The minimum atomic E-state index is -0.511. The Morgan fingerprint density at radius 1 is 1.03 bits per heavy atom. The van der Waals surface area contributed by atoms with Crippen LogP contribution in [0.1, 0.15) is 38.3 Å². The molecule has 2 amide bonds. The Labute approximate surface area is 183 Å². The average Bonchev–Trinajstić information content (AvgIpc) is 2.74. The van der Waals surface area contributed by atoms with Crippen LogP contribution in [0.4, 0.5) is 4.39 Å². The monoisotopic (exact) mass is 430 g/mol. The summed E-state index contributed by atoms with van der Waals surface area (Å²) in [5.41, 5.74) is 1.95. The molecule has 1 atom stereocenters. The molecule has 1 unspecified atom stereocenters. The quantitative estimate of drug-likeness (QED) is 0.565. The highest BCUT2D eigenvalue weighted by Crippen LogP contribution is 2.17. The summed E-state index contributed by atoms with van der Waals surface area (Å²) < 4.78 is 13.1. The van der Waals surface area contributed by atoms with Crippen LogP contribution < -0.4 is 5.32 Å². The summed E-state index contributed by atoms with van der Waals surface area (Å²) in [5, 5.41) is 2.97. The van der Waals surface area contributed by atoms with Crippen LogP contribution >= 0.6 is 11.8 Å². The molecule has 0 fully saturated rings. The van der Waals surface area contributed by atoms with E-state index in [1.807, 2.05) is 51.1 Å². The Bertz CT molecular complexity index is 797. The molecule has 0 aliphatic carbocycles. The zero-order valence-electron chi connectivity index (χ0n) is 17.9. The van der Waals surface area contributed by atoms with Gasteiger partial charge in [-0.3, -0.25) is 9.59 Å². The highest BCUT2D eigenvalue weighted by molar-refractivity contribution is 7.99. The van der Waals surface area contributed by atoms with Crippen LogP contribution in [0, 0.1) is 11.7 Å². The fraction of sp³-hybridized carbons (Fsp3) is 0.417. The summed E-state index contributed by atoms with van der Waals surface area (Å²) in [5.74, 6) is 0.763. The molecule has 2 aromatic carbocycles. The van der Waals surface area contributed by atoms with Crippen molar-refractivity contribution in [3.8, 4) is 0 Å². The van der Waals surface area contributed by atoms with E-state index in [1.165, 1.54) is 23.9 Å². The Hall–Kier alpha value is -2.34. The van der Waals surface area contributed by atoms with E-state index in [9.17, 15) is 14.0 Å². The van der Waals surface area contributed by atoms with E-state index >= 15 is 0 Å². The lowest BCUT2D eigenvalue weighted by Crippen LogP contribution is -2.50. The molecule has 0 bridgehead atoms. The number of thioether (sulfide) groups is 1. The maximum Gasteiger partial charge on any atom is 0.242 e. The van der Waals surface area contributed by atoms with E-state index in [1.54, 1.807) is 17.0 Å². The van der Waals surface area contributed by atoms with Gasteiger partial charge in [-0.1, -0.05) is 63.2 Å². The zero-order valence-corrected chi connectivity index (χ0v) is 18.8. The Morgan fingerprint density at radius 2 is 1.70 bits per heavy atom. The highest BCUT2D eigenvalue weighted by Gasteiger charge is 2.28. The van der Waals surface area contributed by atoms with E-state index in [2.05, 4.69) is 5.32 Å². The number of nitrogens with zero attached hydrogens (tertiary/aromatic N) is 1. The molecule has 2 aromatic rings. The van der Waals surface area contributed by atoms with Gasteiger partial charge in [-0.25, -0.2) is 4.39 Å². The number of carbonyl (C=O) groups excluding carboxylic acids is 2. The largest absolute Gasteiger partial charge is 0.354 e. The smallest absolute Gasteiger partial charge is 0.242 e. The number of benzene rings is 2. The molecule has 0 spiro atoms. The number of hydrogen-bond acceptors (Lipinski definition) is 3. The summed E-state index contributed by atoms with van der Waals surface area (Å²) in [6, 6.07) is 15.5. The van der Waals surface area contributed by atoms with Crippen LogP contribution in [0.15, 0.2) is 54.6 Å². The number of amides is 2. The van der Waals surface area contributed by atoms with Crippen LogP contribution in [0.25, 0.3) is 0 Å². The first-order chi connectivity index (χ1) is 14.4. The van der Waals surface area contributed by atoms with Gasteiger partial charge in [0, 0.05) is 18.8 Å². The lowest BCUT2D eigenvalue weighted by molar-refractivity contribution is -0.139. The van der Waals surface area contributed by atoms with Crippen LogP contribution in [-0.2, 0) is 21.9 Å². The molecule has 0 heterocycles. The van der Waals surface area contributed by atoms with Crippen LogP contribution in [0.5, 0.6) is 0 Å². The molecule has 0 aliphatic heterocycles. The van der Waals surface area contributed by atoms with Crippen LogP contribution in [0.3, 0.4) is 0 Å². The Morgan fingerprint density at radius 3 is 2.30 bits per heavy atom. The van der Waals surface area contributed by atoms with E-state index in [4.69, 9.17) is 0 Å². The minimum Gasteiger partial charge on any atom is -0.354 e. The maximum absolute atomic E-state index is 13.1. The third kappa shape index (κ3) is 7.82. The minimum absolute atomic E-state index is 0.0717. The van der Waals surface area contributed by atoms with Crippen LogP contribution in [-0.4, -0.2) is 35.1 Å². The van der Waals surface area contributed by atoms with Gasteiger partial charge in [-0.05, 0) is 35.6 Å². The number of carbonyl (C=O) groups is 2. The van der Waals surface area contributed by atoms with Crippen LogP contribution in [0.2, 0.25) is 0 Å². The average molecular weight is 431 g/mol. The molecule has 0 saturated carbocycles. The second-order valence-electron chi connectivity index (χ2n) is 7.69. The molecule has 0 aromatic heterocycles. The first kappa shape index (κ1) is 23.9. The molecule has 1 N–H and O–H groups in total. The van der Waals surface area contributed by atoms with Gasteiger partial charge < -0.3 is 10.2 Å². The zero-order chi connectivity index (χ0) is 21.9. The van der Waals surface area contributed by atoms with Crippen molar-refractivity contribution >= 4 is 23.6 Å². The highest BCUT2D eigenvalue weighted by atomic mass is 32.2. The molecular weight excluding hydrogens is 399 g/mol. The van der Waals surface area contributed by atoms with Gasteiger partial charge in [0.05, 0.1) is 5.75 Å². The van der Waals surface area contributed by atoms with Gasteiger partial charge >= 0.3 is 0 Å². The predicted octanol–water partition coefficient (Wildman–Crippen LogP) is 4.64. The summed E-state index contributed by atoms with van der Waals surface area (Å²) in [7, 11) is 0. The molecule has 30 heavy (non-hydrogen) atoms. The van der Waals surface area contributed by atoms with Crippen molar-refractivity contribution in [2.45, 2.75) is 45.5 Å². The molecular formula is C24H31FN2O2S. The molecule has 4 nitrogen and oxygen atoms in total. The molecule has 0 radical (unpaired) electrons. The lowest BCUT2D eigenvalue weighted by atomic mass is 10.1. The number of halogens is 1. The molecule has 6 heteroatoms. The van der Waals surface area contributed by atoms with Gasteiger partial charge in [-0.15, -0.1) is 11.8 Å². The Balaban J connectivity index is 2.07. The normalized spacial score (nSPS) is 11.9. The number of nitrogens with one attached hydrogen (secondary N) is 1. The van der Waals surface area contributed by atoms with E-state index in [-0.39, 0.29) is 23.4 Å². The summed E-state index contributed by atoms with van der Waals surface area (Å²) in [4.78, 5) is 27.6. The third-order valence-corrected chi connectivity index (χ3v) is 5.66. The van der Waals surface area contributed by atoms with Gasteiger partial charge in [0.2, 0.25) is 11.8 Å². The second-order valence-corrected chi connectivity index (χ2v) is 8.68. The van der Waals surface area contributed by atoms with E-state index in [0.29, 0.717) is 31.2 Å². The van der Waals surface area contributed by atoms with Crippen molar-refractivity contribution in [3.63, 3.8) is 0 Å². The van der Waals surface area contributed by atoms with Gasteiger partial charge in [0.15, 0.2) is 0 Å². The van der Waals surface area contributed by atoms with E-state index < -0.39 is 6.04 Å². The lowest BCUT2D eigenvalue weighted by Gasteiger charge is -2.31. The first-order valence-electron chi connectivity index (χ1n) is 10.3. The number of hydrogen-bond donors (Lipinski definition) is 1. The Kier molecular flexibility index (Phi) is 9.87. The van der Waals surface area contributed by atoms with Gasteiger partial charge in [-0.2, -0.15) is 0 Å². The summed E-state index contributed by atoms with van der Waals surface area (Å²) >= 11 is 1.47. The molecule has 162 valence electrons. The van der Waals surface area contributed by atoms with Gasteiger partial charge in [0.1, 0.15) is 11.9 Å². The van der Waals surface area contributed by atoms with Crippen molar-refractivity contribution in [1.29, 1.82) is 0 Å². The fourth-order valence-electron chi connectivity index (χ4n) is 3.04. The standard InChI is InChI=1S/C24H31FN2O2S/c1-4-22(24(29)26-14-18(2)3)27(15-19-8-6-5-7-9-19)23(28)17-30-16-20-10-12-21(25)13-11-20/h5-13,18,22H,4,14-17H2,1-3H3,(H,26,29). The topological polar surface area (TPSA) is 49.4 Å². The second kappa shape index (κ2) is 12.4. The molecule has 2 rings (SSSR count). The van der Waals surface area contributed by atoms with Crippen molar-refractivity contribution in [3.05, 3.63) is 71.5 Å². The maximum atomic E-state index is 13.1.